The molecule has 5 nitrogen and oxygen atoms in total. The number of nitro benzene ring substituents is 1. The predicted octanol–water partition coefficient (Wildman–Crippen LogP) is 1.92. The molecule has 1 aromatic rings. The Morgan fingerprint density at radius 1 is 1.37 bits per heavy atom. The molecule has 1 saturated heterocycles. The molecular formula is C13H18FN3O2. The minimum absolute atomic E-state index is 0.471. The molecule has 0 atom stereocenters. The number of nitro groups is 1. The van der Waals surface area contributed by atoms with Gasteiger partial charge in [-0.2, -0.15) is 4.39 Å². The molecule has 0 aromatic heterocycles. The lowest BCUT2D eigenvalue weighted by atomic mass is 10.2. The number of nitrogens with one attached hydrogen (secondary N) is 1. The molecule has 1 N–H and O–H groups in total. The van der Waals surface area contributed by atoms with E-state index in [0.717, 1.165) is 31.7 Å². The van der Waals surface area contributed by atoms with Crippen LogP contribution < -0.4 is 5.32 Å². The summed E-state index contributed by atoms with van der Waals surface area (Å²) < 4.78 is 13.4. The van der Waals surface area contributed by atoms with E-state index < -0.39 is 16.4 Å². The van der Waals surface area contributed by atoms with E-state index in [9.17, 15) is 14.5 Å². The zero-order valence-electron chi connectivity index (χ0n) is 10.8. The first-order valence-corrected chi connectivity index (χ1v) is 6.53. The van der Waals surface area contributed by atoms with E-state index >= 15 is 0 Å². The van der Waals surface area contributed by atoms with Crippen molar-refractivity contribution in [2.45, 2.75) is 19.4 Å². The van der Waals surface area contributed by atoms with Gasteiger partial charge in [0.15, 0.2) is 0 Å². The Labute approximate surface area is 111 Å². The van der Waals surface area contributed by atoms with Gasteiger partial charge in [-0.25, -0.2) is 0 Å². The SMILES string of the molecule is O=[N+]([O-])c1ccc(CNCCN2CCCC2)cc1F. The van der Waals surface area contributed by atoms with Crippen LogP contribution in [0.3, 0.4) is 0 Å². The van der Waals surface area contributed by atoms with Crippen LogP contribution in [0.5, 0.6) is 0 Å². The molecule has 0 spiro atoms. The van der Waals surface area contributed by atoms with Crippen molar-refractivity contribution in [3.63, 3.8) is 0 Å². The Morgan fingerprint density at radius 2 is 2.11 bits per heavy atom. The second-order valence-corrected chi connectivity index (χ2v) is 4.77. The molecule has 19 heavy (non-hydrogen) atoms. The highest BCUT2D eigenvalue weighted by Gasteiger charge is 2.13. The molecule has 2 rings (SSSR count). The number of halogens is 1. The maximum atomic E-state index is 13.4. The van der Waals surface area contributed by atoms with Crippen LogP contribution in [0.4, 0.5) is 10.1 Å². The quantitative estimate of drug-likeness (QED) is 0.486. The number of nitrogens with zero attached hydrogens (tertiary/aromatic N) is 2. The Morgan fingerprint density at radius 3 is 2.74 bits per heavy atom. The van der Waals surface area contributed by atoms with Crippen LogP contribution in [0, 0.1) is 15.9 Å². The van der Waals surface area contributed by atoms with Crippen molar-refractivity contribution in [2.24, 2.45) is 0 Å². The van der Waals surface area contributed by atoms with Gasteiger partial charge in [0.2, 0.25) is 5.82 Å². The molecule has 1 aliphatic heterocycles. The molecule has 0 amide bonds. The molecule has 6 heteroatoms. The van der Waals surface area contributed by atoms with Gasteiger partial charge in [-0.1, -0.05) is 6.07 Å². The van der Waals surface area contributed by atoms with E-state index in [1.165, 1.54) is 25.0 Å². The van der Waals surface area contributed by atoms with Gasteiger partial charge in [0.25, 0.3) is 0 Å². The van der Waals surface area contributed by atoms with E-state index in [0.29, 0.717) is 6.54 Å². The fraction of sp³-hybridized carbons (Fsp3) is 0.538. The summed E-state index contributed by atoms with van der Waals surface area (Å²) in [5.41, 5.74) is 0.255. The average molecular weight is 267 g/mol. The lowest BCUT2D eigenvalue weighted by Gasteiger charge is -2.14. The smallest absolute Gasteiger partial charge is 0.304 e. The maximum Gasteiger partial charge on any atom is 0.304 e. The number of benzene rings is 1. The normalized spacial score (nSPS) is 15.8. The first kappa shape index (κ1) is 13.9. The standard InChI is InChI=1S/C13H18FN3O2/c14-12-9-11(3-4-13(12)17(18)19)10-15-5-8-16-6-1-2-7-16/h3-4,9,15H,1-2,5-8,10H2. The zero-order chi connectivity index (χ0) is 13.7. The van der Waals surface area contributed by atoms with E-state index in [-0.39, 0.29) is 0 Å². The van der Waals surface area contributed by atoms with Crippen molar-refractivity contribution in [2.75, 3.05) is 26.2 Å². The summed E-state index contributed by atoms with van der Waals surface area (Å²) in [5.74, 6) is -0.774. The maximum absolute atomic E-state index is 13.4. The van der Waals surface area contributed by atoms with Crippen LogP contribution >= 0.6 is 0 Å². The predicted molar refractivity (Wildman–Crippen MR) is 70.4 cm³/mol. The van der Waals surface area contributed by atoms with Crippen LogP contribution in [0.1, 0.15) is 18.4 Å². The lowest BCUT2D eigenvalue weighted by molar-refractivity contribution is -0.387. The topological polar surface area (TPSA) is 58.4 Å². The lowest BCUT2D eigenvalue weighted by Crippen LogP contribution is -2.29. The number of hydrogen-bond donors (Lipinski definition) is 1. The van der Waals surface area contributed by atoms with Gasteiger partial charge in [0, 0.05) is 25.7 Å². The fourth-order valence-electron chi connectivity index (χ4n) is 2.28. The molecule has 1 aromatic carbocycles. The van der Waals surface area contributed by atoms with E-state index in [1.54, 1.807) is 6.07 Å². The molecule has 1 aliphatic rings. The molecule has 1 heterocycles. The summed E-state index contributed by atoms with van der Waals surface area (Å²) in [6, 6.07) is 4.03. The summed E-state index contributed by atoms with van der Waals surface area (Å²) in [6.45, 7) is 4.69. The van der Waals surface area contributed by atoms with Crippen LogP contribution in [0.2, 0.25) is 0 Å². The Balaban J connectivity index is 1.76. The molecule has 104 valence electrons. The third-order valence-electron chi connectivity index (χ3n) is 3.34. The van der Waals surface area contributed by atoms with Gasteiger partial charge in [-0.3, -0.25) is 10.1 Å². The van der Waals surface area contributed by atoms with Crippen molar-refractivity contribution in [1.29, 1.82) is 0 Å². The monoisotopic (exact) mass is 267 g/mol. The summed E-state index contributed by atoms with van der Waals surface area (Å²) in [7, 11) is 0. The number of rotatable bonds is 6. The van der Waals surface area contributed by atoms with Crippen molar-refractivity contribution in [3.05, 3.63) is 39.7 Å². The first-order chi connectivity index (χ1) is 9.16. The summed E-state index contributed by atoms with van der Waals surface area (Å²) in [6.07, 6.45) is 2.54. The Hall–Kier alpha value is -1.53. The van der Waals surface area contributed by atoms with Gasteiger partial charge in [0.05, 0.1) is 4.92 Å². The highest BCUT2D eigenvalue weighted by atomic mass is 19.1. The van der Waals surface area contributed by atoms with Crippen LogP contribution in [0.15, 0.2) is 18.2 Å². The molecule has 0 aliphatic carbocycles. The minimum Gasteiger partial charge on any atom is -0.311 e. The van der Waals surface area contributed by atoms with Gasteiger partial charge in [-0.05, 0) is 37.6 Å². The Bertz CT molecular complexity index is 448. The molecule has 0 radical (unpaired) electrons. The van der Waals surface area contributed by atoms with Gasteiger partial charge in [0.1, 0.15) is 0 Å². The molecule has 1 fully saturated rings. The van der Waals surface area contributed by atoms with Crippen molar-refractivity contribution in [1.82, 2.24) is 10.2 Å². The summed E-state index contributed by atoms with van der Waals surface area (Å²) in [4.78, 5) is 12.2. The third-order valence-corrected chi connectivity index (χ3v) is 3.34. The van der Waals surface area contributed by atoms with Gasteiger partial charge < -0.3 is 10.2 Å². The van der Waals surface area contributed by atoms with Crippen molar-refractivity contribution < 1.29 is 9.31 Å². The molecular weight excluding hydrogens is 249 g/mol. The average Bonchev–Trinajstić information content (AvgIpc) is 2.87. The highest BCUT2D eigenvalue weighted by molar-refractivity contribution is 5.34. The first-order valence-electron chi connectivity index (χ1n) is 6.53. The molecule has 0 bridgehead atoms. The van der Waals surface area contributed by atoms with Crippen molar-refractivity contribution >= 4 is 5.69 Å². The third kappa shape index (κ3) is 3.97. The number of likely N-dealkylation sites (tertiary alicyclic amines) is 1. The zero-order valence-corrected chi connectivity index (χ0v) is 10.8. The molecule has 0 unspecified atom stereocenters. The van der Waals surface area contributed by atoms with Gasteiger partial charge >= 0.3 is 5.69 Å². The van der Waals surface area contributed by atoms with Gasteiger partial charge in [-0.15, -0.1) is 0 Å². The fourth-order valence-corrected chi connectivity index (χ4v) is 2.28. The second kappa shape index (κ2) is 6.58. The van der Waals surface area contributed by atoms with Crippen LogP contribution in [-0.2, 0) is 6.54 Å². The Kier molecular flexibility index (Phi) is 4.81. The highest BCUT2D eigenvalue weighted by Crippen LogP contribution is 2.17. The van der Waals surface area contributed by atoms with Crippen molar-refractivity contribution in [3.8, 4) is 0 Å². The summed E-state index contributed by atoms with van der Waals surface area (Å²) in [5, 5.41) is 13.7. The van der Waals surface area contributed by atoms with Crippen LogP contribution in [-0.4, -0.2) is 36.0 Å². The number of hydrogen-bond acceptors (Lipinski definition) is 4. The van der Waals surface area contributed by atoms with E-state index in [2.05, 4.69) is 10.2 Å². The molecule has 0 saturated carbocycles. The van der Waals surface area contributed by atoms with E-state index in [1.807, 2.05) is 0 Å². The second-order valence-electron chi connectivity index (χ2n) is 4.77. The van der Waals surface area contributed by atoms with Crippen LogP contribution in [0.25, 0.3) is 0 Å². The summed E-state index contributed by atoms with van der Waals surface area (Å²) >= 11 is 0. The minimum atomic E-state index is -0.774. The largest absolute Gasteiger partial charge is 0.311 e. The van der Waals surface area contributed by atoms with E-state index in [4.69, 9.17) is 0 Å².